The first-order valence-corrected chi connectivity index (χ1v) is 7.42. The highest BCUT2D eigenvalue weighted by Gasteiger charge is 2.07. The van der Waals surface area contributed by atoms with Crippen molar-refractivity contribution in [2.75, 3.05) is 0 Å². The number of aromatic amines is 1. The summed E-state index contributed by atoms with van der Waals surface area (Å²) in [5, 5.41) is 0. The molecule has 1 aromatic heterocycles. The van der Waals surface area contributed by atoms with Crippen LogP contribution in [0.1, 0.15) is 16.8 Å². The fraction of sp³-hybridized carbons (Fsp3) is 0. The van der Waals surface area contributed by atoms with Gasteiger partial charge in [-0.25, -0.2) is 4.98 Å². The Kier molecular flexibility index (Phi) is 3.97. The van der Waals surface area contributed by atoms with Crippen LogP contribution in [0.5, 0.6) is 0 Å². The van der Waals surface area contributed by atoms with E-state index in [1.807, 2.05) is 24.4 Å². The average Bonchev–Trinajstić information content (AvgIpc) is 3.00. The van der Waals surface area contributed by atoms with Crippen LogP contribution in [0.2, 0.25) is 0 Å². The lowest BCUT2D eigenvalue weighted by molar-refractivity contribution is 1.30. The molecule has 0 radical (unpaired) electrons. The van der Waals surface area contributed by atoms with Gasteiger partial charge in [0.05, 0.1) is 12.0 Å². The van der Waals surface area contributed by atoms with Crippen LogP contribution in [0.3, 0.4) is 0 Å². The summed E-state index contributed by atoms with van der Waals surface area (Å²) in [6.07, 6.45) is 5.80. The summed E-state index contributed by atoms with van der Waals surface area (Å²) in [5.41, 5.74) is 4.42. The number of hydrogen-bond donors (Lipinski definition) is 1. The van der Waals surface area contributed by atoms with Crippen molar-refractivity contribution in [3.05, 3.63) is 87.5 Å². The van der Waals surface area contributed by atoms with Gasteiger partial charge in [-0.3, -0.25) is 0 Å². The molecule has 1 N–H and O–H groups in total. The van der Waals surface area contributed by atoms with Gasteiger partial charge in [0, 0.05) is 15.3 Å². The molecule has 0 aliphatic heterocycles. The summed E-state index contributed by atoms with van der Waals surface area (Å²) in [6, 6.07) is 18.8. The van der Waals surface area contributed by atoms with Crippen molar-refractivity contribution in [3.63, 3.8) is 0 Å². The molecule has 2 nitrogen and oxygen atoms in total. The average molecular weight is 372 g/mol. The lowest BCUT2D eigenvalue weighted by Gasteiger charge is -2.06. The number of nitrogens with zero attached hydrogens (tertiary/aromatic N) is 1. The second kappa shape index (κ2) is 6.05. The maximum atomic E-state index is 4.39. The van der Waals surface area contributed by atoms with Crippen LogP contribution in [-0.2, 0) is 0 Å². The quantitative estimate of drug-likeness (QED) is 0.528. The molecule has 0 saturated carbocycles. The molecule has 0 aliphatic carbocycles. The predicted molar refractivity (Wildman–Crippen MR) is 91.2 cm³/mol. The van der Waals surface area contributed by atoms with E-state index in [1.54, 1.807) is 6.33 Å². The van der Waals surface area contributed by atoms with E-state index in [4.69, 9.17) is 0 Å². The molecule has 20 heavy (non-hydrogen) atoms. The van der Waals surface area contributed by atoms with Crippen LogP contribution in [0.25, 0.3) is 11.6 Å². The van der Waals surface area contributed by atoms with Gasteiger partial charge in [-0.05, 0) is 51.9 Å². The first-order chi connectivity index (χ1) is 9.83. The van der Waals surface area contributed by atoms with Crippen molar-refractivity contribution in [1.82, 2.24) is 9.97 Å². The van der Waals surface area contributed by atoms with E-state index in [0.717, 1.165) is 11.3 Å². The zero-order chi connectivity index (χ0) is 13.8. The third-order valence-electron chi connectivity index (χ3n) is 3.02. The summed E-state index contributed by atoms with van der Waals surface area (Å²) in [7, 11) is 0. The maximum Gasteiger partial charge on any atom is 0.0927 e. The lowest BCUT2D eigenvalue weighted by Crippen LogP contribution is -1.89. The van der Waals surface area contributed by atoms with Crippen molar-refractivity contribution >= 4 is 34.2 Å². The van der Waals surface area contributed by atoms with E-state index in [9.17, 15) is 0 Å². The molecule has 3 rings (SSSR count). The van der Waals surface area contributed by atoms with E-state index in [2.05, 4.69) is 75.0 Å². The Morgan fingerprint density at radius 3 is 2.60 bits per heavy atom. The minimum absolute atomic E-state index is 0.954. The molecular weight excluding hydrogens is 359 g/mol. The van der Waals surface area contributed by atoms with Crippen molar-refractivity contribution in [2.45, 2.75) is 0 Å². The van der Waals surface area contributed by atoms with Crippen molar-refractivity contribution in [1.29, 1.82) is 0 Å². The molecule has 0 atom stereocenters. The number of aromatic nitrogens is 2. The smallest absolute Gasteiger partial charge is 0.0927 e. The van der Waals surface area contributed by atoms with E-state index >= 15 is 0 Å². The fourth-order valence-corrected chi connectivity index (χ4v) is 2.63. The number of halogens is 1. The van der Waals surface area contributed by atoms with Gasteiger partial charge in [0.2, 0.25) is 0 Å². The molecule has 3 heteroatoms. The number of nitrogens with one attached hydrogen (secondary N) is 1. The van der Waals surface area contributed by atoms with Gasteiger partial charge in [-0.15, -0.1) is 0 Å². The van der Waals surface area contributed by atoms with Gasteiger partial charge in [-0.2, -0.15) is 0 Å². The summed E-state index contributed by atoms with van der Waals surface area (Å²) < 4.78 is 1.22. The number of imidazole rings is 1. The van der Waals surface area contributed by atoms with E-state index in [1.165, 1.54) is 14.7 Å². The molecule has 0 bridgehead atoms. The first kappa shape index (κ1) is 13.1. The van der Waals surface area contributed by atoms with Crippen LogP contribution in [0.15, 0.2) is 67.1 Å². The van der Waals surface area contributed by atoms with Crippen LogP contribution in [-0.4, -0.2) is 9.97 Å². The molecular formula is C17H13IN2. The number of H-pyrrole nitrogens is 1. The topological polar surface area (TPSA) is 28.7 Å². The molecule has 0 spiro atoms. The van der Waals surface area contributed by atoms with Crippen LogP contribution in [0.4, 0.5) is 0 Å². The van der Waals surface area contributed by atoms with Crippen LogP contribution >= 0.6 is 22.6 Å². The Morgan fingerprint density at radius 1 is 1.05 bits per heavy atom. The van der Waals surface area contributed by atoms with Gasteiger partial charge in [-0.1, -0.05) is 42.5 Å². The van der Waals surface area contributed by atoms with Crippen molar-refractivity contribution in [3.8, 4) is 0 Å². The van der Waals surface area contributed by atoms with Gasteiger partial charge in [0.1, 0.15) is 0 Å². The molecule has 2 aromatic carbocycles. The number of rotatable bonds is 3. The van der Waals surface area contributed by atoms with Gasteiger partial charge in [0.15, 0.2) is 0 Å². The van der Waals surface area contributed by atoms with E-state index in [-0.39, 0.29) is 0 Å². The SMILES string of the molecule is Ic1cccc(/C(=C/c2ccccc2)c2c[nH]cn2)c1. The van der Waals surface area contributed by atoms with Crippen molar-refractivity contribution < 1.29 is 0 Å². The van der Waals surface area contributed by atoms with E-state index < -0.39 is 0 Å². The van der Waals surface area contributed by atoms with Crippen LogP contribution < -0.4 is 0 Å². The Balaban J connectivity index is 2.12. The Labute approximate surface area is 131 Å². The fourth-order valence-electron chi connectivity index (χ4n) is 2.08. The Bertz CT molecular complexity index is 716. The highest BCUT2D eigenvalue weighted by Crippen LogP contribution is 2.25. The van der Waals surface area contributed by atoms with Gasteiger partial charge in [0.25, 0.3) is 0 Å². The number of hydrogen-bond acceptors (Lipinski definition) is 1. The normalized spacial score (nSPS) is 11.6. The third kappa shape index (κ3) is 2.99. The Morgan fingerprint density at radius 2 is 1.90 bits per heavy atom. The highest BCUT2D eigenvalue weighted by molar-refractivity contribution is 14.1. The van der Waals surface area contributed by atoms with Crippen LogP contribution in [0, 0.1) is 3.57 Å². The third-order valence-corrected chi connectivity index (χ3v) is 3.69. The zero-order valence-electron chi connectivity index (χ0n) is 10.8. The van der Waals surface area contributed by atoms with Crippen molar-refractivity contribution in [2.24, 2.45) is 0 Å². The minimum atomic E-state index is 0.954. The maximum absolute atomic E-state index is 4.39. The predicted octanol–water partition coefficient (Wildman–Crippen LogP) is 4.60. The Hall–Kier alpha value is -1.88. The highest BCUT2D eigenvalue weighted by atomic mass is 127. The first-order valence-electron chi connectivity index (χ1n) is 6.35. The summed E-state index contributed by atoms with van der Waals surface area (Å²) in [5.74, 6) is 0. The summed E-state index contributed by atoms with van der Waals surface area (Å²) in [4.78, 5) is 7.42. The zero-order valence-corrected chi connectivity index (χ0v) is 12.9. The van der Waals surface area contributed by atoms with Gasteiger partial charge < -0.3 is 4.98 Å². The molecule has 98 valence electrons. The standard InChI is InChI=1S/C17H13IN2/c18-15-8-4-7-14(10-15)16(17-11-19-12-20-17)9-13-5-2-1-3-6-13/h1-12H,(H,19,20)/b16-9-. The molecule has 0 amide bonds. The largest absolute Gasteiger partial charge is 0.351 e. The lowest BCUT2D eigenvalue weighted by atomic mass is 10.0. The molecule has 3 aromatic rings. The molecule has 0 aliphatic rings. The minimum Gasteiger partial charge on any atom is -0.351 e. The van der Waals surface area contributed by atoms with E-state index in [0.29, 0.717) is 0 Å². The van der Waals surface area contributed by atoms with Gasteiger partial charge >= 0.3 is 0 Å². The molecule has 1 heterocycles. The molecule has 0 saturated heterocycles. The second-order valence-electron chi connectivity index (χ2n) is 4.43. The molecule has 0 fully saturated rings. The summed E-state index contributed by atoms with van der Waals surface area (Å²) >= 11 is 2.33. The second-order valence-corrected chi connectivity index (χ2v) is 5.68. The monoisotopic (exact) mass is 372 g/mol. The summed E-state index contributed by atoms with van der Waals surface area (Å²) in [6.45, 7) is 0. The molecule has 0 unspecified atom stereocenters. The number of benzene rings is 2.